The first-order chi connectivity index (χ1) is 12.5. The molecule has 0 bridgehead atoms. The molecule has 9 heteroatoms. The minimum absolute atomic E-state index is 0.0413. The van der Waals surface area contributed by atoms with Gasteiger partial charge in [0.25, 0.3) is 5.91 Å². The average Bonchev–Trinajstić information content (AvgIpc) is 3.02. The molecule has 2 aromatic rings. The van der Waals surface area contributed by atoms with Gasteiger partial charge in [0.1, 0.15) is 23.2 Å². The number of carbonyl (C=O) groups excluding carboxylic acids is 1. The molecular weight excluding hydrogens is 346 g/mol. The van der Waals surface area contributed by atoms with E-state index >= 15 is 0 Å². The molecule has 0 aliphatic carbocycles. The molecule has 0 radical (unpaired) electrons. The van der Waals surface area contributed by atoms with Crippen molar-refractivity contribution in [2.45, 2.75) is 32.5 Å². The van der Waals surface area contributed by atoms with Crippen LogP contribution >= 0.6 is 0 Å². The van der Waals surface area contributed by atoms with Gasteiger partial charge in [-0.3, -0.25) is 4.79 Å². The SMILES string of the molecule is CCc1nnc2n1CCN(C(=O)C(COC)Oc1cc(F)cc(F)c1)C2. The van der Waals surface area contributed by atoms with Gasteiger partial charge in [0.05, 0.1) is 13.2 Å². The molecule has 0 saturated carbocycles. The van der Waals surface area contributed by atoms with Gasteiger partial charge in [-0.15, -0.1) is 10.2 Å². The largest absolute Gasteiger partial charge is 0.478 e. The highest BCUT2D eigenvalue weighted by Gasteiger charge is 2.30. The van der Waals surface area contributed by atoms with Crippen molar-refractivity contribution >= 4 is 5.91 Å². The van der Waals surface area contributed by atoms with Gasteiger partial charge >= 0.3 is 0 Å². The summed E-state index contributed by atoms with van der Waals surface area (Å²) in [6.07, 6.45) is -0.247. The van der Waals surface area contributed by atoms with Crippen LogP contribution in [0.5, 0.6) is 5.75 Å². The van der Waals surface area contributed by atoms with Crippen LogP contribution in [0.3, 0.4) is 0 Å². The Morgan fingerprint density at radius 2 is 1.96 bits per heavy atom. The van der Waals surface area contributed by atoms with E-state index in [4.69, 9.17) is 9.47 Å². The Balaban J connectivity index is 1.74. The summed E-state index contributed by atoms with van der Waals surface area (Å²) in [7, 11) is 1.43. The van der Waals surface area contributed by atoms with E-state index in [2.05, 4.69) is 10.2 Å². The molecule has 1 aliphatic heterocycles. The van der Waals surface area contributed by atoms with Crippen molar-refractivity contribution in [2.24, 2.45) is 0 Å². The molecule has 0 N–H and O–H groups in total. The molecule has 2 heterocycles. The highest BCUT2D eigenvalue weighted by Crippen LogP contribution is 2.19. The lowest BCUT2D eigenvalue weighted by Crippen LogP contribution is -2.47. The molecule has 140 valence electrons. The molecule has 0 fully saturated rings. The molecule has 7 nitrogen and oxygen atoms in total. The molecule has 0 spiro atoms. The zero-order valence-corrected chi connectivity index (χ0v) is 14.6. The molecule has 1 unspecified atom stereocenters. The summed E-state index contributed by atoms with van der Waals surface area (Å²) in [6, 6.07) is 2.79. The third-order valence-electron chi connectivity index (χ3n) is 4.17. The summed E-state index contributed by atoms with van der Waals surface area (Å²) in [6.45, 7) is 3.31. The van der Waals surface area contributed by atoms with Crippen molar-refractivity contribution in [3.63, 3.8) is 0 Å². The van der Waals surface area contributed by atoms with E-state index in [0.29, 0.717) is 25.5 Å². The molecule has 1 atom stereocenters. The number of nitrogens with zero attached hydrogens (tertiary/aromatic N) is 4. The van der Waals surface area contributed by atoms with Crippen LogP contribution in [0, 0.1) is 11.6 Å². The van der Waals surface area contributed by atoms with Crippen LogP contribution < -0.4 is 4.74 Å². The predicted octanol–water partition coefficient (Wildman–Crippen LogP) is 1.55. The van der Waals surface area contributed by atoms with Gasteiger partial charge in [0.15, 0.2) is 11.9 Å². The summed E-state index contributed by atoms with van der Waals surface area (Å²) in [5, 5.41) is 8.23. The fourth-order valence-corrected chi connectivity index (χ4v) is 2.94. The molecule has 1 aromatic heterocycles. The molecule has 1 amide bonds. The molecule has 1 aromatic carbocycles. The Bertz CT molecular complexity index is 776. The van der Waals surface area contributed by atoms with Crippen molar-refractivity contribution < 1.29 is 23.0 Å². The molecule has 1 aliphatic rings. The minimum Gasteiger partial charge on any atom is -0.478 e. The summed E-state index contributed by atoms with van der Waals surface area (Å²) in [4.78, 5) is 14.4. The van der Waals surface area contributed by atoms with Gasteiger partial charge in [-0.1, -0.05) is 6.92 Å². The first kappa shape index (κ1) is 18.2. The molecule has 26 heavy (non-hydrogen) atoms. The number of rotatable bonds is 6. The average molecular weight is 366 g/mol. The Labute approximate surface area is 149 Å². The fraction of sp³-hybridized carbons (Fsp3) is 0.471. The van der Waals surface area contributed by atoms with Crippen LogP contribution in [0.4, 0.5) is 8.78 Å². The number of hydrogen-bond acceptors (Lipinski definition) is 5. The standard InChI is InChI=1S/C17H20F2N4O3/c1-3-15-20-21-16-9-22(4-5-23(15)16)17(24)14(10-25-2)26-13-7-11(18)6-12(19)8-13/h6-8,14H,3-5,9-10H2,1-2H3. The second kappa shape index (κ2) is 7.77. The topological polar surface area (TPSA) is 69.5 Å². The maximum atomic E-state index is 13.4. The Morgan fingerprint density at radius 3 is 2.62 bits per heavy atom. The smallest absolute Gasteiger partial charge is 0.266 e. The fourth-order valence-electron chi connectivity index (χ4n) is 2.94. The monoisotopic (exact) mass is 366 g/mol. The molecular formula is C17H20F2N4O3. The number of hydrogen-bond donors (Lipinski definition) is 0. The Morgan fingerprint density at radius 1 is 1.23 bits per heavy atom. The van der Waals surface area contributed by atoms with Gasteiger partial charge < -0.3 is 18.9 Å². The van der Waals surface area contributed by atoms with E-state index in [0.717, 1.165) is 30.4 Å². The Kier molecular flexibility index (Phi) is 5.46. The number of fused-ring (bicyclic) bond motifs is 1. The number of ether oxygens (including phenoxy) is 2. The van der Waals surface area contributed by atoms with Gasteiger partial charge in [-0.05, 0) is 0 Å². The number of methoxy groups -OCH3 is 1. The minimum atomic E-state index is -1.01. The van der Waals surface area contributed by atoms with Crippen molar-refractivity contribution in [1.82, 2.24) is 19.7 Å². The maximum absolute atomic E-state index is 13.4. The van der Waals surface area contributed by atoms with Crippen LogP contribution in [0.15, 0.2) is 18.2 Å². The van der Waals surface area contributed by atoms with Crippen LogP contribution in [0.25, 0.3) is 0 Å². The summed E-state index contributed by atoms with van der Waals surface area (Å²) >= 11 is 0. The highest BCUT2D eigenvalue weighted by atomic mass is 19.1. The number of amides is 1. The van der Waals surface area contributed by atoms with E-state index in [1.165, 1.54) is 7.11 Å². The zero-order valence-electron chi connectivity index (χ0n) is 14.6. The lowest BCUT2D eigenvalue weighted by Gasteiger charge is -2.30. The zero-order chi connectivity index (χ0) is 18.7. The number of halogens is 2. The first-order valence-electron chi connectivity index (χ1n) is 8.33. The third kappa shape index (κ3) is 3.82. The van der Waals surface area contributed by atoms with Crippen molar-refractivity contribution in [2.75, 3.05) is 20.3 Å². The van der Waals surface area contributed by atoms with Crippen molar-refractivity contribution in [3.05, 3.63) is 41.5 Å². The van der Waals surface area contributed by atoms with E-state index in [-0.39, 0.29) is 18.3 Å². The maximum Gasteiger partial charge on any atom is 0.266 e. The van der Waals surface area contributed by atoms with E-state index in [9.17, 15) is 13.6 Å². The van der Waals surface area contributed by atoms with Crippen LogP contribution in [-0.4, -0.2) is 51.9 Å². The van der Waals surface area contributed by atoms with Gasteiger partial charge in [-0.25, -0.2) is 8.78 Å². The summed E-state index contributed by atoms with van der Waals surface area (Å²) in [5.41, 5.74) is 0. The van der Waals surface area contributed by atoms with E-state index < -0.39 is 17.7 Å². The van der Waals surface area contributed by atoms with Crippen LogP contribution in [0.2, 0.25) is 0 Å². The van der Waals surface area contributed by atoms with E-state index in [1.807, 2.05) is 11.5 Å². The number of carbonyl (C=O) groups is 1. The third-order valence-corrected chi connectivity index (χ3v) is 4.17. The number of benzene rings is 1. The quantitative estimate of drug-likeness (QED) is 0.776. The van der Waals surface area contributed by atoms with Crippen molar-refractivity contribution in [3.8, 4) is 5.75 Å². The van der Waals surface area contributed by atoms with Crippen LogP contribution in [0.1, 0.15) is 18.6 Å². The second-order valence-electron chi connectivity index (χ2n) is 5.96. The van der Waals surface area contributed by atoms with E-state index in [1.54, 1.807) is 4.90 Å². The normalized spacial score (nSPS) is 14.8. The molecule has 3 rings (SSSR count). The first-order valence-corrected chi connectivity index (χ1v) is 8.33. The van der Waals surface area contributed by atoms with Gasteiger partial charge in [0, 0.05) is 44.8 Å². The summed E-state index contributed by atoms with van der Waals surface area (Å²) < 4.78 is 39.3. The Hall–Kier alpha value is -2.55. The van der Waals surface area contributed by atoms with Gasteiger partial charge in [-0.2, -0.15) is 0 Å². The lowest BCUT2D eigenvalue weighted by molar-refractivity contribution is -0.142. The highest BCUT2D eigenvalue weighted by molar-refractivity contribution is 5.81. The van der Waals surface area contributed by atoms with Gasteiger partial charge in [0.2, 0.25) is 0 Å². The lowest BCUT2D eigenvalue weighted by atomic mass is 10.2. The number of aryl methyl sites for hydroxylation is 1. The predicted molar refractivity (Wildman–Crippen MR) is 87.5 cm³/mol. The second-order valence-corrected chi connectivity index (χ2v) is 5.96. The number of aromatic nitrogens is 3. The van der Waals surface area contributed by atoms with Crippen LogP contribution in [-0.2, 0) is 29.0 Å². The summed E-state index contributed by atoms with van der Waals surface area (Å²) in [5.74, 6) is -0.361. The van der Waals surface area contributed by atoms with Crippen molar-refractivity contribution in [1.29, 1.82) is 0 Å². The molecule has 0 saturated heterocycles.